The predicted molar refractivity (Wildman–Crippen MR) is 130 cm³/mol. The van der Waals surface area contributed by atoms with E-state index in [9.17, 15) is 9.18 Å². The lowest BCUT2D eigenvalue weighted by Gasteiger charge is -2.11. The molecule has 1 aromatic heterocycles. The lowest BCUT2D eigenvalue weighted by Crippen LogP contribution is -2.21. The van der Waals surface area contributed by atoms with E-state index >= 15 is 0 Å². The molecule has 0 saturated heterocycles. The van der Waals surface area contributed by atoms with Crippen molar-refractivity contribution in [1.29, 1.82) is 0 Å². The van der Waals surface area contributed by atoms with Gasteiger partial charge in [-0.2, -0.15) is 0 Å². The van der Waals surface area contributed by atoms with Crippen molar-refractivity contribution in [2.45, 2.75) is 40.7 Å². The van der Waals surface area contributed by atoms with E-state index in [1.807, 2.05) is 39.0 Å². The Balaban J connectivity index is 0.00000154. The summed E-state index contributed by atoms with van der Waals surface area (Å²) >= 11 is 3.33. The van der Waals surface area contributed by atoms with Crippen LogP contribution in [0.5, 0.6) is 5.75 Å². The third-order valence-corrected chi connectivity index (χ3v) is 4.27. The van der Waals surface area contributed by atoms with Gasteiger partial charge in [0.25, 0.3) is 5.56 Å². The highest BCUT2D eigenvalue weighted by atomic mass is 79.9. The lowest BCUT2D eigenvalue weighted by molar-refractivity contribution is 0.351. The Bertz CT molecular complexity index is 883. The van der Waals surface area contributed by atoms with Gasteiger partial charge in [-0.15, -0.1) is 12.3 Å². The van der Waals surface area contributed by atoms with Gasteiger partial charge in [-0.25, -0.2) is 4.39 Å². The monoisotopic (exact) mass is 475 g/mol. The second kappa shape index (κ2) is 17.3. The Hall–Kier alpha value is -2.58. The average molecular weight is 476 g/mol. The highest BCUT2D eigenvalue weighted by molar-refractivity contribution is 9.10. The average Bonchev–Trinajstić information content (AvgIpc) is 3.02. The fourth-order valence-electron chi connectivity index (χ4n) is 2.25. The third kappa shape index (κ3) is 10.8. The molecule has 0 spiro atoms. The molecular weight excluding hydrogens is 445 g/mol. The van der Waals surface area contributed by atoms with Crippen molar-refractivity contribution in [2.24, 2.45) is 0 Å². The number of hydrogen-bond acceptors (Lipinski definition) is 2. The van der Waals surface area contributed by atoms with E-state index in [2.05, 4.69) is 40.4 Å². The molecule has 0 unspecified atom stereocenters. The van der Waals surface area contributed by atoms with E-state index in [0.717, 1.165) is 17.6 Å². The number of pyridine rings is 1. The van der Waals surface area contributed by atoms with Crippen LogP contribution < -0.4 is 10.3 Å². The molecule has 30 heavy (non-hydrogen) atoms. The van der Waals surface area contributed by atoms with Crippen molar-refractivity contribution >= 4 is 15.9 Å². The van der Waals surface area contributed by atoms with Crippen LogP contribution in [0.1, 0.15) is 34.1 Å². The Labute approximate surface area is 188 Å². The van der Waals surface area contributed by atoms with Gasteiger partial charge < -0.3 is 9.30 Å². The number of rotatable bonds is 7. The predicted octanol–water partition coefficient (Wildman–Crippen LogP) is 6.57. The highest BCUT2D eigenvalue weighted by Crippen LogP contribution is 2.21. The van der Waals surface area contributed by atoms with Crippen LogP contribution in [-0.4, -0.2) is 17.8 Å². The maximum atomic E-state index is 12.5. The van der Waals surface area contributed by atoms with Crippen LogP contribution in [0.25, 0.3) is 0 Å². The van der Waals surface area contributed by atoms with Gasteiger partial charge in [0, 0.05) is 12.7 Å². The van der Waals surface area contributed by atoms with Crippen LogP contribution in [0.3, 0.4) is 0 Å². The zero-order valence-electron chi connectivity index (χ0n) is 18.2. The molecule has 2 rings (SSSR count). The quantitative estimate of drug-likeness (QED) is 0.329. The highest BCUT2D eigenvalue weighted by Gasteiger charge is 2.09. The Morgan fingerprint density at radius 2 is 2.10 bits per heavy atom. The molecule has 0 fully saturated rings. The van der Waals surface area contributed by atoms with E-state index < -0.39 is 6.67 Å². The van der Waals surface area contributed by atoms with Crippen LogP contribution in [-0.2, 0) is 6.54 Å². The maximum absolute atomic E-state index is 12.5. The molecule has 1 aliphatic rings. The molecule has 1 aromatic rings. The van der Waals surface area contributed by atoms with Crippen molar-refractivity contribution < 1.29 is 9.13 Å². The maximum Gasteiger partial charge on any atom is 0.268 e. The van der Waals surface area contributed by atoms with Gasteiger partial charge in [-0.1, -0.05) is 68.0 Å². The van der Waals surface area contributed by atoms with Gasteiger partial charge in [0.15, 0.2) is 0 Å². The Morgan fingerprint density at radius 3 is 2.77 bits per heavy atom. The first-order valence-electron chi connectivity index (χ1n) is 9.83. The van der Waals surface area contributed by atoms with Crippen molar-refractivity contribution in [3.8, 4) is 18.1 Å². The number of ether oxygens (including phenoxy) is 1. The second-order valence-electron chi connectivity index (χ2n) is 5.91. The molecule has 5 heteroatoms. The number of aromatic nitrogens is 1. The number of terminal acetylenes is 1. The largest absolute Gasteiger partial charge is 0.487 e. The molecular formula is C25H31BrFNO2. The van der Waals surface area contributed by atoms with E-state index in [0.29, 0.717) is 23.4 Å². The number of allylic oxidation sites excluding steroid dienone is 8. The van der Waals surface area contributed by atoms with Crippen molar-refractivity contribution in [3.63, 3.8) is 0 Å². The van der Waals surface area contributed by atoms with Gasteiger partial charge in [-0.05, 0) is 47.8 Å². The molecule has 0 aliphatic heterocycles. The first-order valence-corrected chi connectivity index (χ1v) is 10.6. The molecule has 162 valence electrons. The summed E-state index contributed by atoms with van der Waals surface area (Å²) in [6, 6.07) is 1.77. The standard InChI is InChI=1S/C20H21BrFNO2.C3H4.C2H6/c1-16(8-6-7-12-22)14-23-13-11-18(19(21)20(23)24)25-15-17-9-4-2-3-5-10-17;1-3-2;1-2/h2,4-11,13H,3,12,14-15H2,1H3;1H,2H3;1-2H3/b7-6-,16-8+;;. The van der Waals surface area contributed by atoms with E-state index in [-0.39, 0.29) is 5.56 Å². The minimum atomic E-state index is -0.497. The summed E-state index contributed by atoms with van der Waals surface area (Å²) in [4.78, 5) is 12.5. The zero-order chi connectivity index (χ0) is 22.8. The van der Waals surface area contributed by atoms with E-state index in [1.54, 1.807) is 35.9 Å². The summed E-state index contributed by atoms with van der Waals surface area (Å²) in [6.07, 6.45) is 22.2. The van der Waals surface area contributed by atoms with Crippen LogP contribution in [0.15, 0.2) is 81.3 Å². The normalized spacial score (nSPS) is 12.7. The number of hydrogen-bond donors (Lipinski definition) is 0. The van der Waals surface area contributed by atoms with Crippen LogP contribution in [0.4, 0.5) is 4.39 Å². The number of nitrogens with zero attached hydrogens (tertiary/aromatic N) is 1. The van der Waals surface area contributed by atoms with Crippen molar-refractivity contribution in [1.82, 2.24) is 4.57 Å². The van der Waals surface area contributed by atoms with Crippen molar-refractivity contribution in [2.75, 3.05) is 13.3 Å². The number of halogens is 2. The first kappa shape index (κ1) is 27.4. The third-order valence-electron chi connectivity index (χ3n) is 3.54. The summed E-state index contributed by atoms with van der Waals surface area (Å²) in [5, 5.41) is 0. The van der Waals surface area contributed by atoms with Crippen LogP contribution >= 0.6 is 15.9 Å². The second-order valence-corrected chi connectivity index (χ2v) is 6.70. The summed E-state index contributed by atoms with van der Waals surface area (Å²) in [5.74, 6) is 2.77. The van der Waals surface area contributed by atoms with Crippen molar-refractivity contribution in [3.05, 3.63) is 86.8 Å². The zero-order valence-corrected chi connectivity index (χ0v) is 19.8. The van der Waals surface area contributed by atoms with Gasteiger partial charge in [0.2, 0.25) is 0 Å². The van der Waals surface area contributed by atoms with E-state index in [4.69, 9.17) is 4.74 Å². The van der Waals surface area contributed by atoms with Gasteiger partial charge in [-0.3, -0.25) is 4.79 Å². The summed E-state index contributed by atoms with van der Waals surface area (Å²) in [5.41, 5.74) is 1.83. The molecule has 1 heterocycles. The fraction of sp³-hybridized carbons (Fsp3) is 0.320. The smallest absolute Gasteiger partial charge is 0.268 e. The minimum Gasteiger partial charge on any atom is -0.487 e. The SMILES string of the molecule is C#CC.C/C(=C\C=C/CF)Cn1ccc(OCC2=CC=CCC=C2)c(Br)c1=O.CC. The first-order chi connectivity index (χ1) is 14.5. The van der Waals surface area contributed by atoms with Gasteiger partial charge >= 0.3 is 0 Å². The molecule has 3 nitrogen and oxygen atoms in total. The summed E-state index contributed by atoms with van der Waals surface area (Å²) in [6.45, 7) is 7.89. The molecule has 0 atom stereocenters. The molecule has 1 aliphatic carbocycles. The molecule has 0 aromatic carbocycles. The molecule has 0 bridgehead atoms. The minimum absolute atomic E-state index is 0.162. The van der Waals surface area contributed by atoms with Crippen LogP contribution in [0.2, 0.25) is 0 Å². The molecule has 0 radical (unpaired) electrons. The van der Waals surface area contributed by atoms with Gasteiger partial charge in [0.1, 0.15) is 23.5 Å². The summed E-state index contributed by atoms with van der Waals surface area (Å²) < 4.78 is 19.8. The molecule has 0 amide bonds. The van der Waals surface area contributed by atoms with Crippen LogP contribution in [0, 0.1) is 12.3 Å². The van der Waals surface area contributed by atoms with E-state index in [1.165, 1.54) is 6.08 Å². The number of alkyl halides is 1. The fourth-order valence-corrected chi connectivity index (χ4v) is 2.73. The Morgan fingerprint density at radius 1 is 1.40 bits per heavy atom. The van der Waals surface area contributed by atoms with Gasteiger partial charge in [0.05, 0.1) is 0 Å². The molecule has 0 saturated carbocycles. The lowest BCUT2D eigenvalue weighted by atomic mass is 10.2. The topological polar surface area (TPSA) is 31.2 Å². The Kier molecular flexibility index (Phi) is 15.8. The molecule has 0 N–H and O–H groups in total. The summed E-state index contributed by atoms with van der Waals surface area (Å²) in [7, 11) is 0.